The molecule has 1 fully saturated rings. The second-order valence-corrected chi connectivity index (χ2v) is 7.13. The lowest BCUT2D eigenvalue weighted by molar-refractivity contribution is -0.157. The van der Waals surface area contributed by atoms with Crippen molar-refractivity contribution in [2.24, 2.45) is 0 Å². The minimum absolute atomic E-state index is 0.421. The Balaban J connectivity index is 1.53. The molecule has 0 radical (unpaired) electrons. The molecule has 0 spiro atoms. The number of benzene rings is 2. The number of nitrogens with one attached hydrogen (secondary N) is 2. The highest BCUT2D eigenvalue weighted by Crippen LogP contribution is 2.44. The van der Waals surface area contributed by atoms with E-state index in [0.717, 1.165) is 23.1 Å². The van der Waals surface area contributed by atoms with Gasteiger partial charge >= 0.3 is 12.0 Å². The number of carbonyl (C=O) groups is 3. The van der Waals surface area contributed by atoms with Crippen molar-refractivity contribution in [3.63, 3.8) is 0 Å². The smallest absolute Gasteiger partial charge is 0.325 e. The molecule has 0 bridgehead atoms. The molecule has 0 unspecified atom stereocenters. The summed E-state index contributed by atoms with van der Waals surface area (Å²) in [6.07, 6.45) is 2.34. The SMILES string of the molecule is Cc1cccc(NC(=O)NC(=O)COC(=O)C2(c3ccccc3)CCC2)c1C. The number of imide groups is 1. The van der Waals surface area contributed by atoms with Crippen LogP contribution >= 0.6 is 0 Å². The first-order chi connectivity index (χ1) is 13.4. The predicted molar refractivity (Wildman–Crippen MR) is 106 cm³/mol. The number of aryl methyl sites for hydroxylation is 1. The number of carbonyl (C=O) groups excluding carboxylic acids is 3. The van der Waals surface area contributed by atoms with Gasteiger partial charge in [0.05, 0.1) is 5.41 Å². The number of anilines is 1. The molecule has 2 aromatic carbocycles. The highest BCUT2D eigenvalue weighted by molar-refractivity contribution is 6.02. The average molecular weight is 380 g/mol. The highest BCUT2D eigenvalue weighted by atomic mass is 16.5. The van der Waals surface area contributed by atoms with Crippen molar-refractivity contribution in [3.05, 3.63) is 65.2 Å². The Morgan fingerprint density at radius 2 is 1.71 bits per heavy atom. The van der Waals surface area contributed by atoms with Crippen LogP contribution in [0.25, 0.3) is 0 Å². The first-order valence-corrected chi connectivity index (χ1v) is 9.32. The van der Waals surface area contributed by atoms with Crippen LogP contribution in [0.15, 0.2) is 48.5 Å². The maximum atomic E-state index is 12.6. The molecule has 1 saturated carbocycles. The van der Waals surface area contributed by atoms with Gasteiger partial charge in [0.1, 0.15) is 0 Å². The topological polar surface area (TPSA) is 84.5 Å². The molecule has 6 nitrogen and oxygen atoms in total. The van der Waals surface area contributed by atoms with E-state index >= 15 is 0 Å². The molecule has 2 aromatic rings. The van der Waals surface area contributed by atoms with Gasteiger partial charge in [0.25, 0.3) is 5.91 Å². The van der Waals surface area contributed by atoms with Crippen molar-refractivity contribution in [2.75, 3.05) is 11.9 Å². The van der Waals surface area contributed by atoms with E-state index in [-0.39, 0.29) is 0 Å². The van der Waals surface area contributed by atoms with Gasteiger partial charge in [-0.3, -0.25) is 14.9 Å². The molecule has 0 aromatic heterocycles. The van der Waals surface area contributed by atoms with Crippen LogP contribution in [0.1, 0.15) is 36.0 Å². The molecule has 0 heterocycles. The van der Waals surface area contributed by atoms with Gasteiger partial charge in [-0.15, -0.1) is 0 Å². The van der Waals surface area contributed by atoms with E-state index in [4.69, 9.17) is 4.74 Å². The van der Waals surface area contributed by atoms with E-state index in [2.05, 4.69) is 10.6 Å². The quantitative estimate of drug-likeness (QED) is 0.776. The number of urea groups is 1. The van der Waals surface area contributed by atoms with Crippen molar-refractivity contribution in [1.29, 1.82) is 0 Å². The summed E-state index contributed by atoms with van der Waals surface area (Å²) in [5.41, 5.74) is 2.80. The third kappa shape index (κ3) is 4.06. The number of amides is 3. The summed E-state index contributed by atoms with van der Waals surface area (Å²) in [6, 6.07) is 14.3. The van der Waals surface area contributed by atoms with E-state index in [1.165, 1.54) is 0 Å². The van der Waals surface area contributed by atoms with Gasteiger partial charge in [-0.25, -0.2) is 4.79 Å². The Morgan fingerprint density at radius 1 is 1.00 bits per heavy atom. The zero-order valence-electron chi connectivity index (χ0n) is 16.1. The van der Waals surface area contributed by atoms with Crippen molar-refractivity contribution < 1.29 is 19.1 Å². The molecule has 146 valence electrons. The van der Waals surface area contributed by atoms with E-state index in [1.807, 2.05) is 56.3 Å². The average Bonchev–Trinajstić information content (AvgIpc) is 2.64. The van der Waals surface area contributed by atoms with Gasteiger partial charge in [-0.05, 0) is 49.4 Å². The lowest BCUT2D eigenvalue weighted by Gasteiger charge is -2.39. The molecule has 2 N–H and O–H groups in total. The van der Waals surface area contributed by atoms with E-state index in [0.29, 0.717) is 18.5 Å². The van der Waals surface area contributed by atoms with E-state index in [1.54, 1.807) is 6.07 Å². The summed E-state index contributed by atoms with van der Waals surface area (Å²) < 4.78 is 5.23. The Bertz CT molecular complexity index is 889. The summed E-state index contributed by atoms with van der Waals surface area (Å²) in [7, 11) is 0. The monoisotopic (exact) mass is 380 g/mol. The van der Waals surface area contributed by atoms with Crippen LogP contribution in [0, 0.1) is 13.8 Å². The summed E-state index contributed by atoms with van der Waals surface area (Å²) in [5, 5.41) is 4.83. The molecule has 0 saturated heterocycles. The van der Waals surface area contributed by atoms with Crippen molar-refractivity contribution >= 4 is 23.6 Å². The molecular weight excluding hydrogens is 356 g/mol. The van der Waals surface area contributed by atoms with Crippen molar-refractivity contribution in [2.45, 2.75) is 38.5 Å². The van der Waals surface area contributed by atoms with Crippen molar-refractivity contribution in [3.8, 4) is 0 Å². The van der Waals surface area contributed by atoms with Crippen LogP contribution in [-0.4, -0.2) is 24.5 Å². The molecule has 3 amide bonds. The molecule has 1 aliphatic carbocycles. The Hall–Kier alpha value is -3.15. The number of hydrogen-bond acceptors (Lipinski definition) is 4. The van der Waals surface area contributed by atoms with Gasteiger partial charge < -0.3 is 10.1 Å². The van der Waals surface area contributed by atoms with Crippen LogP contribution in [0.2, 0.25) is 0 Å². The fourth-order valence-corrected chi connectivity index (χ4v) is 3.37. The second kappa shape index (κ2) is 8.25. The minimum Gasteiger partial charge on any atom is -0.455 e. The fourth-order valence-electron chi connectivity index (χ4n) is 3.37. The summed E-state index contributed by atoms with van der Waals surface area (Å²) in [5.74, 6) is -1.09. The van der Waals surface area contributed by atoms with Crippen LogP contribution < -0.4 is 10.6 Å². The van der Waals surface area contributed by atoms with Crippen LogP contribution in [0.3, 0.4) is 0 Å². The number of ether oxygens (including phenoxy) is 1. The lowest BCUT2D eigenvalue weighted by atomic mass is 9.64. The third-order valence-corrected chi connectivity index (χ3v) is 5.36. The van der Waals surface area contributed by atoms with Gasteiger partial charge in [0, 0.05) is 5.69 Å². The first kappa shape index (κ1) is 19.6. The molecule has 0 atom stereocenters. The molecular formula is C22H24N2O4. The van der Waals surface area contributed by atoms with Crippen LogP contribution in [0.5, 0.6) is 0 Å². The lowest BCUT2D eigenvalue weighted by Crippen LogP contribution is -2.45. The van der Waals surface area contributed by atoms with E-state index in [9.17, 15) is 14.4 Å². The van der Waals surface area contributed by atoms with Gasteiger partial charge in [-0.1, -0.05) is 48.9 Å². The molecule has 28 heavy (non-hydrogen) atoms. The highest BCUT2D eigenvalue weighted by Gasteiger charge is 2.47. The zero-order valence-corrected chi connectivity index (χ0v) is 16.1. The van der Waals surface area contributed by atoms with Gasteiger partial charge in [0.2, 0.25) is 0 Å². The maximum absolute atomic E-state index is 12.6. The second-order valence-electron chi connectivity index (χ2n) is 7.13. The normalized spacial score (nSPS) is 14.5. The predicted octanol–water partition coefficient (Wildman–Crippen LogP) is 3.62. The Kier molecular flexibility index (Phi) is 5.78. The van der Waals surface area contributed by atoms with E-state index < -0.39 is 29.9 Å². The van der Waals surface area contributed by atoms with Crippen LogP contribution in [-0.2, 0) is 19.7 Å². The summed E-state index contributed by atoms with van der Waals surface area (Å²) in [6.45, 7) is 3.33. The van der Waals surface area contributed by atoms with Crippen LogP contribution in [0.4, 0.5) is 10.5 Å². The Labute approximate surface area is 164 Å². The zero-order chi connectivity index (χ0) is 20.1. The maximum Gasteiger partial charge on any atom is 0.325 e. The van der Waals surface area contributed by atoms with Gasteiger partial charge in [-0.2, -0.15) is 0 Å². The van der Waals surface area contributed by atoms with Gasteiger partial charge in [0.15, 0.2) is 6.61 Å². The fraction of sp³-hybridized carbons (Fsp3) is 0.318. The first-order valence-electron chi connectivity index (χ1n) is 9.32. The molecule has 3 rings (SSSR count). The third-order valence-electron chi connectivity index (χ3n) is 5.36. The molecule has 6 heteroatoms. The summed E-state index contributed by atoms with van der Waals surface area (Å²) in [4.78, 5) is 36.7. The number of esters is 1. The van der Waals surface area contributed by atoms with Crippen molar-refractivity contribution in [1.82, 2.24) is 5.32 Å². The number of rotatable bonds is 5. The largest absolute Gasteiger partial charge is 0.455 e. The number of hydrogen-bond donors (Lipinski definition) is 2. The summed E-state index contributed by atoms with van der Waals surface area (Å²) >= 11 is 0. The standard InChI is InChI=1S/C22H24N2O4/c1-15-8-6-11-18(16(15)2)23-21(27)24-19(25)14-28-20(26)22(12-7-13-22)17-9-4-3-5-10-17/h3-6,8-11H,7,12-14H2,1-2H3,(H2,23,24,25,27). The molecule has 1 aliphatic rings. The Morgan fingerprint density at radius 3 is 2.36 bits per heavy atom. The molecule has 0 aliphatic heterocycles. The minimum atomic E-state index is -0.678.